The van der Waals surface area contributed by atoms with Gasteiger partial charge in [0.05, 0.1) is 0 Å². The van der Waals surface area contributed by atoms with Crippen LogP contribution in [0.4, 0.5) is 0 Å². The van der Waals surface area contributed by atoms with Crippen molar-refractivity contribution in [1.29, 1.82) is 0 Å². The van der Waals surface area contributed by atoms with E-state index in [-0.39, 0.29) is 0 Å². The molecule has 0 unspecified atom stereocenters. The average Bonchev–Trinajstić information content (AvgIpc) is 2.61. The van der Waals surface area contributed by atoms with Gasteiger partial charge in [0.15, 0.2) is 0 Å². The van der Waals surface area contributed by atoms with Crippen LogP contribution in [0, 0.1) is 0 Å². The van der Waals surface area contributed by atoms with Crippen molar-refractivity contribution < 1.29 is 9.84 Å². The molecule has 0 bridgehead atoms. The van der Waals surface area contributed by atoms with Crippen molar-refractivity contribution in [2.24, 2.45) is 0 Å². The number of aryl methyl sites for hydroxylation is 1. The minimum absolute atomic E-state index is 0.339. The summed E-state index contributed by atoms with van der Waals surface area (Å²) in [6.45, 7) is 2.67. The Labute approximate surface area is 146 Å². The fourth-order valence-corrected chi connectivity index (χ4v) is 2.97. The number of aromatic hydroxyl groups is 1. The highest BCUT2D eigenvalue weighted by atomic mass is 16.5. The summed E-state index contributed by atoms with van der Waals surface area (Å²) in [6, 6.07) is 15.6. The Morgan fingerprint density at radius 2 is 1.50 bits per heavy atom. The lowest BCUT2D eigenvalue weighted by Gasteiger charge is -2.13. The van der Waals surface area contributed by atoms with Crippen molar-refractivity contribution in [1.82, 2.24) is 0 Å². The van der Waals surface area contributed by atoms with E-state index in [1.54, 1.807) is 6.07 Å². The summed E-state index contributed by atoms with van der Waals surface area (Å²) < 4.78 is 5.83. The number of hydrogen-bond donors (Lipinski definition) is 1. The summed E-state index contributed by atoms with van der Waals surface area (Å²) >= 11 is 0. The van der Waals surface area contributed by atoms with Crippen molar-refractivity contribution in [2.45, 2.75) is 64.9 Å². The van der Waals surface area contributed by atoms with Gasteiger partial charge in [0.25, 0.3) is 0 Å². The van der Waals surface area contributed by atoms with E-state index in [1.165, 1.54) is 50.5 Å². The molecule has 0 saturated carbocycles. The van der Waals surface area contributed by atoms with Crippen molar-refractivity contribution >= 4 is 0 Å². The Hall–Kier alpha value is -1.96. The normalized spacial score (nSPS) is 10.7. The molecule has 0 aliphatic carbocycles. The van der Waals surface area contributed by atoms with E-state index in [2.05, 4.69) is 13.0 Å². The number of hydrogen-bond acceptors (Lipinski definition) is 2. The summed E-state index contributed by atoms with van der Waals surface area (Å²) in [6.07, 6.45) is 10.1. The van der Waals surface area contributed by atoms with E-state index in [9.17, 15) is 5.11 Å². The van der Waals surface area contributed by atoms with Gasteiger partial charge in [0, 0.05) is 5.56 Å². The summed E-state index contributed by atoms with van der Waals surface area (Å²) in [5.74, 6) is 1.18. The maximum Gasteiger partial charge on any atom is 0.122 e. The summed E-state index contributed by atoms with van der Waals surface area (Å²) in [7, 11) is 0. The van der Waals surface area contributed by atoms with Gasteiger partial charge in [-0.15, -0.1) is 0 Å². The number of ether oxygens (including phenoxy) is 1. The van der Waals surface area contributed by atoms with Gasteiger partial charge in [-0.3, -0.25) is 0 Å². The molecule has 0 fully saturated rings. The van der Waals surface area contributed by atoms with Crippen LogP contribution in [0.5, 0.6) is 11.5 Å². The minimum atomic E-state index is 0.339. The highest BCUT2D eigenvalue weighted by molar-refractivity contribution is 5.39. The fourth-order valence-electron chi connectivity index (χ4n) is 2.97. The minimum Gasteiger partial charge on any atom is -0.508 e. The zero-order valence-corrected chi connectivity index (χ0v) is 14.8. The molecule has 0 radical (unpaired) electrons. The number of unbranched alkanes of at least 4 members (excludes halogenated alkanes) is 6. The molecule has 130 valence electrons. The molecule has 2 heteroatoms. The van der Waals surface area contributed by atoms with Crippen LogP contribution in [0.15, 0.2) is 48.5 Å². The first-order valence-electron chi connectivity index (χ1n) is 9.29. The van der Waals surface area contributed by atoms with Crippen molar-refractivity contribution in [3.63, 3.8) is 0 Å². The van der Waals surface area contributed by atoms with Crippen LogP contribution in [0.25, 0.3) is 0 Å². The molecule has 2 rings (SSSR count). The number of benzene rings is 2. The van der Waals surface area contributed by atoms with Crippen LogP contribution >= 0.6 is 0 Å². The monoisotopic (exact) mass is 326 g/mol. The first-order chi connectivity index (χ1) is 11.8. The second-order valence-electron chi connectivity index (χ2n) is 6.39. The third-order valence-corrected chi connectivity index (χ3v) is 4.42. The van der Waals surface area contributed by atoms with E-state index in [4.69, 9.17) is 4.74 Å². The van der Waals surface area contributed by atoms with Gasteiger partial charge in [0.2, 0.25) is 0 Å². The first kappa shape index (κ1) is 18.4. The molecule has 1 N–H and O–H groups in total. The molecular formula is C22H30O2. The predicted molar refractivity (Wildman–Crippen MR) is 101 cm³/mol. The van der Waals surface area contributed by atoms with Crippen molar-refractivity contribution in [3.8, 4) is 11.5 Å². The molecule has 0 saturated heterocycles. The SMILES string of the molecule is CCCCCCCCCc1cccc(O)c1COc1ccccc1. The van der Waals surface area contributed by atoms with Crippen LogP contribution in [0.3, 0.4) is 0 Å². The smallest absolute Gasteiger partial charge is 0.122 e. The van der Waals surface area contributed by atoms with E-state index >= 15 is 0 Å². The number of para-hydroxylation sites is 1. The standard InChI is InChI=1S/C22H30O2/c1-2-3-4-5-6-7-9-13-19-14-12-17-22(23)21(19)18-24-20-15-10-8-11-16-20/h8,10-12,14-17,23H,2-7,9,13,18H2,1H3. The van der Waals surface area contributed by atoms with Gasteiger partial charge in [0.1, 0.15) is 18.1 Å². The highest BCUT2D eigenvalue weighted by Gasteiger charge is 2.08. The Morgan fingerprint density at radius 3 is 2.25 bits per heavy atom. The van der Waals surface area contributed by atoms with Gasteiger partial charge < -0.3 is 9.84 Å². The third-order valence-electron chi connectivity index (χ3n) is 4.42. The van der Waals surface area contributed by atoms with E-state index in [0.717, 1.165) is 17.7 Å². The molecule has 0 aromatic heterocycles. The Morgan fingerprint density at radius 1 is 0.792 bits per heavy atom. The molecule has 0 aliphatic heterocycles. The van der Waals surface area contributed by atoms with Gasteiger partial charge >= 0.3 is 0 Å². The predicted octanol–water partition coefficient (Wildman–Crippen LogP) is 6.26. The van der Waals surface area contributed by atoms with Gasteiger partial charge in [-0.05, 0) is 36.6 Å². The Bertz CT molecular complexity index is 578. The molecule has 0 amide bonds. The Balaban J connectivity index is 1.82. The van der Waals surface area contributed by atoms with Crippen LogP contribution < -0.4 is 4.74 Å². The van der Waals surface area contributed by atoms with Crippen LogP contribution in [-0.2, 0) is 13.0 Å². The molecule has 2 aromatic rings. The largest absolute Gasteiger partial charge is 0.508 e. The lowest BCUT2D eigenvalue weighted by molar-refractivity contribution is 0.297. The number of phenolic OH excluding ortho intramolecular Hbond substituents is 1. The van der Waals surface area contributed by atoms with E-state index in [1.807, 2.05) is 36.4 Å². The molecule has 0 heterocycles. The van der Waals surface area contributed by atoms with E-state index in [0.29, 0.717) is 12.4 Å². The van der Waals surface area contributed by atoms with Gasteiger partial charge in [-0.2, -0.15) is 0 Å². The molecule has 2 aromatic carbocycles. The topological polar surface area (TPSA) is 29.5 Å². The third kappa shape index (κ3) is 6.27. The quantitative estimate of drug-likeness (QED) is 0.493. The van der Waals surface area contributed by atoms with Crippen LogP contribution in [0.1, 0.15) is 63.0 Å². The van der Waals surface area contributed by atoms with Crippen LogP contribution in [-0.4, -0.2) is 5.11 Å². The first-order valence-corrected chi connectivity index (χ1v) is 9.29. The van der Waals surface area contributed by atoms with Crippen molar-refractivity contribution in [2.75, 3.05) is 0 Å². The molecular weight excluding hydrogens is 296 g/mol. The maximum atomic E-state index is 10.2. The summed E-state index contributed by atoms with van der Waals surface area (Å²) in [5, 5.41) is 10.2. The molecule has 0 atom stereocenters. The molecule has 2 nitrogen and oxygen atoms in total. The molecule has 0 spiro atoms. The zero-order valence-electron chi connectivity index (χ0n) is 14.8. The molecule has 24 heavy (non-hydrogen) atoms. The number of rotatable bonds is 11. The Kier molecular flexibility index (Phi) is 8.23. The molecule has 0 aliphatic rings. The second kappa shape index (κ2) is 10.7. The highest BCUT2D eigenvalue weighted by Crippen LogP contribution is 2.25. The van der Waals surface area contributed by atoms with Crippen molar-refractivity contribution in [3.05, 3.63) is 59.7 Å². The van der Waals surface area contributed by atoms with Crippen LogP contribution in [0.2, 0.25) is 0 Å². The zero-order chi connectivity index (χ0) is 17.0. The maximum absolute atomic E-state index is 10.2. The van der Waals surface area contributed by atoms with E-state index < -0.39 is 0 Å². The average molecular weight is 326 g/mol. The lowest BCUT2D eigenvalue weighted by Crippen LogP contribution is -2.01. The van der Waals surface area contributed by atoms with Gasteiger partial charge in [-0.25, -0.2) is 0 Å². The lowest BCUT2D eigenvalue weighted by atomic mass is 10.00. The second-order valence-corrected chi connectivity index (χ2v) is 6.39. The fraction of sp³-hybridized carbons (Fsp3) is 0.455. The summed E-state index contributed by atoms with van der Waals surface area (Å²) in [5.41, 5.74) is 2.13. The number of phenols is 1. The van der Waals surface area contributed by atoms with Gasteiger partial charge in [-0.1, -0.05) is 75.8 Å². The summed E-state index contributed by atoms with van der Waals surface area (Å²) in [4.78, 5) is 0.